The van der Waals surface area contributed by atoms with Crippen LogP contribution in [0.3, 0.4) is 0 Å². The molecule has 0 fully saturated rings. The predicted molar refractivity (Wildman–Crippen MR) is 212 cm³/mol. The summed E-state index contributed by atoms with van der Waals surface area (Å²) in [7, 11) is -0.407. The topological polar surface area (TPSA) is 73.8 Å². The molecule has 2 aliphatic rings. The first-order valence-electron chi connectivity index (χ1n) is 18.1. The Bertz CT molecular complexity index is 2210. The molecule has 6 aromatic rings. The Morgan fingerprint density at radius 3 is 1.53 bits per heavy atom. The first-order chi connectivity index (χ1) is 26.0. The van der Waals surface area contributed by atoms with Gasteiger partial charge < -0.3 is 36.6 Å². The number of benzene rings is 6. The molecule has 0 aliphatic carbocycles. The summed E-state index contributed by atoms with van der Waals surface area (Å²) in [5, 5.41) is 3.96. The largest absolute Gasteiger partial charge is 0.530 e. The third-order valence-corrected chi connectivity index (χ3v) is 11.8. The van der Waals surface area contributed by atoms with E-state index in [0.29, 0.717) is 23.0 Å². The standard InChI is InChI=1S/C43H42O8P2/c1-6-8-14-30-23-31(44-4)25-34(42(30)50-52-46-36-19-9-15-28-16-10-20-37(47-52)40(28)36)35-26-32(45-5)24-33(27(3)13-7-2)43(35)51-53-48-38-21-11-17-29-18-12-22-39(49-53)41(29)38/h9-12,15-27H,6-8,13-14H2,1-5H3/t27-/m0/s1. The maximum atomic E-state index is 6.96. The van der Waals surface area contributed by atoms with Crippen LogP contribution in [0.15, 0.2) is 97.1 Å². The summed E-state index contributed by atoms with van der Waals surface area (Å²) < 4.78 is 51.7. The lowest BCUT2D eigenvalue weighted by molar-refractivity contribution is 0.374. The Kier molecular flexibility index (Phi) is 10.1. The molecule has 0 radical (unpaired) electrons. The van der Waals surface area contributed by atoms with Crippen LogP contribution in [-0.4, -0.2) is 14.2 Å². The van der Waals surface area contributed by atoms with Gasteiger partial charge in [-0.2, -0.15) is 0 Å². The SMILES string of the molecule is CCCCc1cc(OC)cc(-c2cc(OC)cc([C@@H](C)CCC)c2OP2Oc3cccc4cccc(c34)O2)c1OP1Oc2cccc3cccc(c23)O1. The number of methoxy groups -OCH3 is 2. The fraction of sp³-hybridized carbons (Fsp3) is 0.256. The molecule has 2 aliphatic heterocycles. The Labute approximate surface area is 312 Å². The average Bonchev–Trinajstić information content (AvgIpc) is 3.18. The Morgan fingerprint density at radius 2 is 1.06 bits per heavy atom. The maximum Gasteiger partial charge on any atom is 0.530 e. The Hall–Kier alpha value is -4.90. The van der Waals surface area contributed by atoms with E-state index < -0.39 is 17.2 Å². The highest BCUT2D eigenvalue weighted by Crippen LogP contribution is 2.58. The number of ether oxygens (including phenoxy) is 2. The van der Waals surface area contributed by atoms with Gasteiger partial charge in [-0.1, -0.05) is 82.1 Å². The van der Waals surface area contributed by atoms with Crippen LogP contribution < -0.4 is 36.6 Å². The fourth-order valence-electron chi connectivity index (χ4n) is 7.07. The molecule has 0 N–H and O–H groups in total. The van der Waals surface area contributed by atoms with Crippen LogP contribution in [-0.2, 0) is 6.42 Å². The molecule has 8 nitrogen and oxygen atoms in total. The van der Waals surface area contributed by atoms with Gasteiger partial charge in [-0.3, -0.25) is 0 Å². The minimum atomic E-state index is -1.89. The number of aryl methyl sites for hydroxylation is 1. The predicted octanol–water partition coefficient (Wildman–Crippen LogP) is 13.1. The van der Waals surface area contributed by atoms with Gasteiger partial charge >= 0.3 is 17.2 Å². The lowest BCUT2D eigenvalue weighted by Crippen LogP contribution is -2.11. The van der Waals surface area contributed by atoms with E-state index in [2.05, 4.69) is 51.1 Å². The molecule has 6 aromatic carbocycles. The van der Waals surface area contributed by atoms with Gasteiger partial charge in [0.2, 0.25) is 0 Å². The van der Waals surface area contributed by atoms with Gasteiger partial charge in [-0.05, 0) is 90.0 Å². The van der Waals surface area contributed by atoms with E-state index in [9.17, 15) is 0 Å². The molecule has 0 saturated carbocycles. The lowest BCUT2D eigenvalue weighted by atomic mass is 9.90. The smallest absolute Gasteiger partial charge is 0.497 e. The van der Waals surface area contributed by atoms with Gasteiger partial charge in [0.1, 0.15) is 46.0 Å². The van der Waals surface area contributed by atoms with Crippen molar-refractivity contribution in [3.05, 3.63) is 108 Å². The van der Waals surface area contributed by atoms with Crippen LogP contribution in [0, 0.1) is 0 Å². The van der Waals surface area contributed by atoms with E-state index in [1.807, 2.05) is 66.7 Å². The molecule has 272 valence electrons. The Balaban J connectivity index is 1.27. The molecule has 0 aromatic heterocycles. The lowest BCUT2D eigenvalue weighted by Gasteiger charge is -2.29. The zero-order chi connectivity index (χ0) is 36.5. The van der Waals surface area contributed by atoms with Crippen LogP contribution in [0.5, 0.6) is 46.0 Å². The number of rotatable bonds is 13. The summed E-state index contributed by atoms with van der Waals surface area (Å²) in [6.07, 6.45) is 4.63. The molecule has 8 rings (SSSR count). The molecular formula is C43H42O8P2. The molecule has 53 heavy (non-hydrogen) atoms. The van der Waals surface area contributed by atoms with Crippen molar-refractivity contribution in [2.45, 2.75) is 58.8 Å². The zero-order valence-corrected chi connectivity index (χ0v) is 32.3. The van der Waals surface area contributed by atoms with E-state index in [0.717, 1.165) is 98.9 Å². The average molecular weight is 749 g/mol. The third-order valence-electron chi connectivity index (χ3n) is 9.72. The van der Waals surface area contributed by atoms with Crippen molar-refractivity contribution < 1.29 is 36.6 Å². The van der Waals surface area contributed by atoms with Gasteiger partial charge in [0, 0.05) is 16.7 Å². The summed E-state index contributed by atoms with van der Waals surface area (Å²) >= 11 is 0. The highest BCUT2D eigenvalue weighted by atomic mass is 31.2. The van der Waals surface area contributed by atoms with Crippen LogP contribution >= 0.6 is 17.2 Å². The minimum Gasteiger partial charge on any atom is -0.497 e. The quantitative estimate of drug-likeness (QED) is 0.108. The van der Waals surface area contributed by atoms with Gasteiger partial charge in [0.15, 0.2) is 0 Å². The summed E-state index contributed by atoms with van der Waals surface area (Å²) in [6, 6.07) is 32.1. The monoisotopic (exact) mass is 748 g/mol. The molecule has 0 unspecified atom stereocenters. The molecule has 0 amide bonds. The third kappa shape index (κ3) is 6.87. The van der Waals surface area contributed by atoms with Crippen molar-refractivity contribution in [1.29, 1.82) is 0 Å². The number of hydrogen-bond donors (Lipinski definition) is 0. The fourth-order valence-corrected chi connectivity index (χ4v) is 9.26. The molecule has 0 saturated heterocycles. The molecular weight excluding hydrogens is 706 g/mol. The van der Waals surface area contributed by atoms with Gasteiger partial charge in [-0.25, -0.2) is 0 Å². The van der Waals surface area contributed by atoms with E-state index in [1.165, 1.54) is 0 Å². The second kappa shape index (κ2) is 15.2. The van der Waals surface area contributed by atoms with Crippen LogP contribution in [0.1, 0.15) is 63.5 Å². The van der Waals surface area contributed by atoms with Crippen LogP contribution in [0.2, 0.25) is 0 Å². The second-order valence-electron chi connectivity index (χ2n) is 13.3. The Morgan fingerprint density at radius 1 is 0.585 bits per heavy atom. The highest BCUT2D eigenvalue weighted by Gasteiger charge is 2.34. The minimum absolute atomic E-state index is 0.125. The zero-order valence-electron chi connectivity index (χ0n) is 30.5. The first kappa shape index (κ1) is 35.1. The normalized spacial score (nSPS) is 14.1. The van der Waals surface area contributed by atoms with Crippen molar-refractivity contribution in [3.63, 3.8) is 0 Å². The van der Waals surface area contributed by atoms with E-state index in [-0.39, 0.29) is 5.92 Å². The van der Waals surface area contributed by atoms with Crippen LogP contribution in [0.4, 0.5) is 0 Å². The van der Waals surface area contributed by atoms with Crippen molar-refractivity contribution >= 4 is 38.7 Å². The summed E-state index contributed by atoms with van der Waals surface area (Å²) in [5.41, 5.74) is 3.47. The maximum absolute atomic E-state index is 6.96. The molecule has 2 heterocycles. The van der Waals surface area contributed by atoms with Crippen LogP contribution in [0.25, 0.3) is 32.7 Å². The number of unbranched alkanes of at least 4 members (excludes halogenated alkanes) is 1. The van der Waals surface area contributed by atoms with E-state index in [4.69, 9.17) is 36.6 Å². The van der Waals surface area contributed by atoms with Gasteiger partial charge in [0.05, 0.1) is 25.0 Å². The van der Waals surface area contributed by atoms with E-state index in [1.54, 1.807) is 14.2 Å². The van der Waals surface area contributed by atoms with Crippen molar-refractivity contribution in [3.8, 4) is 57.1 Å². The van der Waals surface area contributed by atoms with Crippen molar-refractivity contribution in [1.82, 2.24) is 0 Å². The summed E-state index contributed by atoms with van der Waals surface area (Å²) in [6.45, 7) is 6.57. The number of hydrogen-bond acceptors (Lipinski definition) is 8. The van der Waals surface area contributed by atoms with Gasteiger partial charge in [0.25, 0.3) is 0 Å². The molecule has 10 heteroatoms. The van der Waals surface area contributed by atoms with E-state index >= 15 is 0 Å². The van der Waals surface area contributed by atoms with Crippen molar-refractivity contribution in [2.24, 2.45) is 0 Å². The summed E-state index contributed by atoms with van der Waals surface area (Å²) in [4.78, 5) is 0. The molecule has 0 bridgehead atoms. The van der Waals surface area contributed by atoms with Gasteiger partial charge in [-0.15, -0.1) is 0 Å². The molecule has 0 spiro atoms. The summed E-state index contributed by atoms with van der Waals surface area (Å²) in [5.74, 6) is 5.70. The first-order valence-corrected chi connectivity index (χ1v) is 20.3. The highest BCUT2D eigenvalue weighted by molar-refractivity contribution is 7.43. The second-order valence-corrected chi connectivity index (χ2v) is 15.3. The molecule has 1 atom stereocenters. The van der Waals surface area contributed by atoms with Crippen molar-refractivity contribution in [2.75, 3.05) is 14.2 Å².